The van der Waals surface area contributed by atoms with Gasteiger partial charge in [-0.15, -0.1) is 0 Å². The van der Waals surface area contributed by atoms with Crippen LogP contribution in [0.5, 0.6) is 0 Å². The van der Waals surface area contributed by atoms with E-state index in [1.54, 1.807) is 5.57 Å². The molecule has 4 rings (SSSR count). The van der Waals surface area contributed by atoms with Crippen LogP contribution in [-0.4, -0.2) is 8.07 Å². The normalized spacial score (nSPS) is 43.6. The van der Waals surface area contributed by atoms with Gasteiger partial charge in [0.2, 0.25) is 0 Å². The Kier molecular flexibility index (Phi) is 7.34. The van der Waals surface area contributed by atoms with Gasteiger partial charge in [-0.1, -0.05) is 77.4 Å². The van der Waals surface area contributed by atoms with Crippen molar-refractivity contribution in [3.8, 4) is 0 Å². The van der Waals surface area contributed by atoms with Gasteiger partial charge in [-0.3, -0.25) is 0 Å². The van der Waals surface area contributed by atoms with Gasteiger partial charge in [0.25, 0.3) is 0 Å². The van der Waals surface area contributed by atoms with E-state index < -0.39 is 8.07 Å². The Morgan fingerprint density at radius 2 is 1.20 bits per heavy atom. The summed E-state index contributed by atoms with van der Waals surface area (Å²) in [6.07, 6.45) is 14.9. The molecule has 0 aromatic carbocycles. The first-order valence-corrected chi connectivity index (χ1v) is 13.8. The largest absolute Gasteiger partial charge is 2.00 e. The molecule has 4 aliphatic rings. The molecule has 0 N–H and O–H groups in total. The van der Waals surface area contributed by atoms with Crippen LogP contribution in [0.2, 0.25) is 18.6 Å². The van der Waals surface area contributed by atoms with E-state index in [2.05, 4.69) is 19.6 Å². The molecule has 0 aromatic heterocycles. The molecule has 6 unspecified atom stereocenters. The molecule has 0 bridgehead atoms. The summed E-state index contributed by atoms with van der Waals surface area (Å²) in [5, 5.41) is 0. The van der Waals surface area contributed by atoms with Gasteiger partial charge < -0.3 is 14.0 Å². The van der Waals surface area contributed by atoms with Crippen molar-refractivity contribution in [2.45, 2.75) is 82.8 Å². The molecule has 2 heteroatoms. The van der Waals surface area contributed by atoms with E-state index in [1.807, 2.05) is 0 Å². The van der Waals surface area contributed by atoms with E-state index in [-0.39, 0.29) is 29.1 Å². The third-order valence-corrected chi connectivity index (χ3v) is 11.1. The minimum Gasteiger partial charge on any atom is -0.358 e. The van der Waals surface area contributed by atoms with Crippen LogP contribution in [0.15, 0.2) is 12.2 Å². The summed E-state index contributed by atoms with van der Waals surface area (Å²) in [6, 6.07) is 0. The zero-order valence-electron chi connectivity index (χ0n) is 17.0. The standard InChI is InChI=1S/C22H37Si.CH3.Ti/c1-15-17-9-5-7-11-19(17)21-13-16(23(2,3)4)14-22(21)20-12-8-6-10-18(15)20;;/h16-22H,1-2,5-14H2,3-4H3;1H3;/q2*-1;+2. The van der Waals surface area contributed by atoms with Gasteiger partial charge in [-0.05, 0) is 61.2 Å². The van der Waals surface area contributed by atoms with Crippen LogP contribution in [0, 0.1) is 49.5 Å². The van der Waals surface area contributed by atoms with Gasteiger partial charge in [0.05, 0.1) is 0 Å². The molecule has 4 saturated carbocycles. The summed E-state index contributed by atoms with van der Waals surface area (Å²) in [5.41, 5.74) is 2.71. The van der Waals surface area contributed by atoms with Crippen molar-refractivity contribution in [2.75, 3.05) is 0 Å². The summed E-state index contributed by atoms with van der Waals surface area (Å²) in [5.74, 6) is 5.82. The molecule has 4 aliphatic carbocycles. The van der Waals surface area contributed by atoms with Crippen molar-refractivity contribution in [3.05, 3.63) is 26.1 Å². The van der Waals surface area contributed by atoms with Crippen LogP contribution >= 0.6 is 0 Å². The first kappa shape index (κ1) is 22.0. The predicted molar refractivity (Wildman–Crippen MR) is 109 cm³/mol. The Balaban J connectivity index is 0.00000113. The summed E-state index contributed by atoms with van der Waals surface area (Å²) in [7, 11) is -1.23. The molecular weight excluding hydrogens is 352 g/mol. The van der Waals surface area contributed by atoms with Gasteiger partial charge >= 0.3 is 21.7 Å². The molecule has 0 radical (unpaired) electrons. The van der Waals surface area contributed by atoms with E-state index in [0.717, 1.165) is 41.0 Å². The van der Waals surface area contributed by atoms with Crippen molar-refractivity contribution in [2.24, 2.45) is 35.5 Å². The average Bonchev–Trinajstić information content (AvgIpc) is 2.96. The molecule has 140 valence electrons. The van der Waals surface area contributed by atoms with Crippen molar-refractivity contribution < 1.29 is 21.7 Å². The fraction of sp³-hybridized carbons (Fsp3) is 0.826. The second kappa shape index (κ2) is 8.36. The van der Waals surface area contributed by atoms with Gasteiger partial charge in [0.15, 0.2) is 0 Å². The van der Waals surface area contributed by atoms with Gasteiger partial charge in [-0.2, -0.15) is 0 Å². The minimum absolute atomic E-state index is 0. The zero-order valence-corrected chi connectivity index (χ0v) is 19.6. The molecule has 0 amide bonds. The third kappa shape index (κ3) is 3.95. The Bertz CT molecular complexity index is 431. The Labute approximate surface area is 173 Å². The molecule has 4 fully saturated rings. The minimum atomic E-state index is -1.23. The smallest absolute Gasteiger partial charge is 0.358 e. The Morgan fingerprint density at radius 1 is 0.800 bits per heavy atom. The van der Waals surface area contributed by atoms with Crippen molar-refractivity contribution in [3.63, 3.8) is 0 Å². The van der Waals surface area contributed by atoms with Crippen molar-refractivity contribution >= 4 is 8.07 Å². The maximum atomic E-state index is 4.73. The SMILES string of the molecule is C=C1C2CCCCC2C2CC([Si]([CH2-])(C)C)CC2C2CCCCC12.[CH3-].[Ti+2]. The van der Waals surface area contributed by atoms with E-state index in [9.17, 15) is 0 Å². The number of hydrogen-bond donors (Lipinski definition) is 0. The number of fused-ring (bicyclic) bond motifs is 5. The van der Waals surface area contributed by atoms with Crippen LogP contribution in [0.3, 0.4) is 0 Å². The molecular formula is C23H40SiTi. The van der Waals surface area contributed by atoms with Gasteiger partial charge in [0.1, 0.15) is 0 Å². The Hall–Kier alpha value is 0.671. The van der Waals surface area contributed by atoms with E-state index >= 15 is 0 Å². The van der Waals surface area contributed by atoms with Crippen LogP contribution in [0.25, 0.3) is 0 Å². The molecule has 6 atom stereocenters. The van der Waals surface area contributed by atoms with Crippen LogP contribution in [-0.2, 0) is 21.7 Å². The molecule has 0 spiro atoms. The average molecular weight is 393 g/mol. The monoisotopic (exact) mass is 392 g/mol. The summed E-state index contributed by atoms with van der Waals surface area (Å²) < 4.78 is 0. The fourth-order valence-electron chi connectivity index (χ4n) is 7.27. The molecule has 0 saturated heterocycles. The topological polar surface area (TPSA) is 0 Å². The summed E-state index contributed by atoms with van der Waals surface area (Å²) in [6.45, 7) is 14.5. The van der Waals surface area contributed by atoms with Gasteiger partial charge in [0, 0.05) is 0 Å². The van der Waals surface area contributed by atoms with E-state index in [4.69, 9.17) is 6.58 Å². The summed E-state index contributed by atoms with van der Waals surface area (Å²) >= 11 is 0. The van der Waals surface area contributed by atoms with E-state index in [1.165, 1.54) is 64.2 Å². The number of hydrogen-bond acceptors (Lipinski definition) is 0. The zero-order chi connectivity index (χ0) is 16.2. The maximum absolute atomic E-state index is 4.73. The number of allylic oxidation sites excluding steroid dienone is 1. The van der Waals surface area contributed by atoms with Crippen molar-refractivity contribution in [1.82, 2.24) is 0 Å². The summed E-state index contributed by atoms with van der Waals surface area (Å²) in [4.78, 5) is 0. The maximum Gasteiger partial charge on any atom is 2.00 e. The predicted octanol–water partition coefficient (Wildman–Crippen LogP) is 7.09. The molecule has 0 aliphatic heterocycles. The quantitative estimate of drug-likeness (QED) is 0.254. The Morgan fingerprint density at radius 3 is 1.60 bits per heavy atom. The third-order valence-electron chi connectivity index (χ3n) is 8.46. The molecule has 0 heterocycles. The van der Waals surface area contributed by atoms with Crippen LogP contribution in [0.1, 0.15) is 64.2 Å². The second-order valence-electron chi connectivity index (χ2n) is 10.2. The first-order valence-electron chi connectivity index (χ1n) is 10.5. The number of rotatable bonds is 1. The van der Waals surface area contributed by atoms with Gasteiger partial charge in [-0.25, -0.2) is 0 Å². The fourth-order valence-corrected chi connectivity index (χ4v) is 9.09. The van der Waals surface area contributed by atoms with Crippen molar-refractivity contribution in [1.29, 1.82) is 0 Å². The van der Waals surface area contributed by atoms with Crippen LogP contribution < -0.4 is 0 Å². The first-order chi connectivity index (χ1) is 11.0. The molecule has 0 nitrogen and oxygen atoms in total. The van der Waals surface area contributed by atoms with Crippen LogP contribution in [0.4, 0.5) is 0 Å². The molecule has 25 heavy (non-hydrogen) atoms. The van der Waals surface area contributed by atoms with E-state index in [0.29, 0.717) is 0 Å². The molecule has 0 aromatic rings. The second-order valence-corrected chi connectivity index (χ2v) is 15.0.